The zero-order valence-electron chi connectivity index (χ0n) is 16.3. The van der Waals surface area contributed by atoms with Crippen LogP contribution in [0.4, 0.5) is 32.2 Å². The van der Waals surface area contributed by atoms with Gasteiger partial charge >= 0.3 is 12.7 Å². The molecule has 3 atom stereocenters. The Labute approximate surface area is 172 Å². The van der Waals surface area contributed by atoms with Gasteiger partial charge in [-0.2, -0.15) is 0 Å². The van der Waals surface area contributed by atoms with Crippen LogP contribution in [-0.2, 0) is 9.53 Å². The van der Waals surface area contributed by atoms with Gasteiger partial charge in [-0.15, -0.1) is 26.3 Å². The number of carbonyl (C=O) groups is 1. The first-order valence-corrected chi connectivity index (χ1v) is 9.14. The second kappa shape index (κ2) is 8.36. The summed E-state index contributed by atoms with van der Waals surface area (Å²) in [5, 5.41) is 3.18. The molecule has 7 nitrogen and oxygen atoms in total. The maximum absolute atomic E-state index is 12.8. The molecule has 31 heavy (non-hydrogen) atoms. The lowest BCUT2D eigenvalue weighted by molar-refractivity contribution is -0.340. The molecular formula is C18H18F6N4O3. The monoisotopic (exact) mass is 452 g/mol. The lowest BCUT2D eigenvalue weighted by atomic mass is 10.2. The largest absolute Gasteiger partial charge is 0.573 e. The molecule has 13 heteroatoms. The highest BCUT2D eigenvalue weighted by Gasteiger charge is 2.41. The summed E-state index contributed by atoms with van der Waals surface area (Å²) in [6.45, 7) is 2.91. The number of halogens is 6. The van der Waals surface area contributed by atoms with E-state index < -0.39 is 42.6 Å². The number of amides is 1. The van der Waals surface area contributed by atoms with E-state index in [1.165, 1.54) is 17.9 Å². The maximum atomic E-state index is 12.8. The van der Waals surface area contributed by atoms with Crippen molar-refractivity contribution in [1.82, 2.24) is 14.9 Å². The van der Waals surface area contributed by atoms with Crippen molar-refractivity contribution in [3.8, 4) is 5.75 Å². The second-order valence-electron chi connectivity index (χ2n) is 7.08. The van der Waals surface area contributed by atoms with Crippen LogP contribution in [0.15, 0.2) is 24.5 Å². The van der Waals surface area contributed by atoms with Gasteiger partial charge in [-0.25, -0.2) is 9.97 Å². The van der Waals surface area contributed by atoms with Crippen molar-refractivity contribution in [1.29, 1.82) is 0 Å². The first kappa shape index (κ1) is 22.8. The highest BCUT2D eigenvalue weighted by molar-refractivity contribution is 5.92. The van der Waals surface area contributed by atoms with E-state index in [0.717, 1.165) is 18.5 Å². The third kappa shape index (κ3) is 5.87. The molecule has 0 saturated carbocycles. The number of nitrogens with zero attached hydrogens (tertiary/aromatic N) is 3. The number of ether oxygens (including phenoxy) is 2. The maximum Gasteiger partial charge on any atom is 0.573 e. The highest BCUT2D eigenvalue weighted by atomic mass is 19.4. The van der Waals surface area contributed by atoms with Crippen LogP contribution in [0.2, 0.25) is 0 Å². The van der Waals surface area contributed by atoms with Crippen molar-refractivity contribution in [2.45, 2.75) is 51.2 Å². The van der Waals surface area contributed by atoms with Crippen LogP contribution in [0.5, 0.6) is 5.75 Å². The van der Waals surface area contributed by atoms with Gasteiger partial charge in [0.1, 0.15) is 23.9 Å². The van der Waals surface area contributed by atoms with Gasteiger partial charge in [0.2, 0.25) is 5.91 Å². The van der Waals surface area contributed by atoms with E-state index >= 15 is 0 Å². The number of benzene rings is 1. The Kier molecular flexibility index (Phi) is 6.16. The molecule has 0 spiro atoms. The number of rotatable bonds is 5. The van der Waals surface area contributed by atoms with Gasteiger partial charge in [-0.3, -0.25) is 9.53 Å². The number of aromatic nitrogens is 2. The number of carbonyl (C=O) groups excluding carboxylic acids is 1. The Morgan fingerprint density at radius 3 is 2.55 bits per heavy atom. The topological polar surface area (TPSA) is 76.6 Å². The van der Waals surface area contributed by atoms with Gasteiger partial charge in [0.25, 0.3) is 0 Å². The molecule has 170 valence electrons. The van der Waals surface area contributed by atoms with Gasteiger partial charge in [0.15, 0.2) is 0 Å². The summed E-state index contributed by atoms with van der Waals surface area (Å²) < 4.78 is 82.4. The molecule has 3 rings (SSSR count). The molecule has 0 radical (unpaired) electrons. The average molecular weight is 452 g/mol. The molecule has 0 aliphatic carbocycles. The van der Waals surface area contributed by atoms with Gasteiger partial charge in [0.05, 0.1) is 11.6 Å². The molecule has 1 saturated heterocycles. The fourth-order valence-electron chi connectivity index (χ4n) is 3.43. The number of anilines is 1. The Morgan fingerprint density at radius 1 is 1.19 bits per heavy atom. The summed E-state index contributed by atoms with van der Waals surface area (Å²) in [7, 11) is 0. The summed E-state index contributed by atoms with van der Waals surface area (Å²) in [5.74, 6) is -0.751. The van der Waals surface area contributed by atoms with Crippen LogP contribution >= 0.6 is 0 Å². The SMILES string of the molecule is C[C@@H](Nc1ncnc2cc(OC(F)(F)F)ccc12)C(=O)N1C[C@H](OC(F)(F)F)C[C@@H]1C. The third-order valence-corrected chi connectivity index (χ3v) is 4.68. The Balaban J connectivity index is 1.72. The third-order valence-electron chi connectivity index (χ3n) is 4.68. The first-order chi connectivity index (χ1) is 14.3. The number of hydrogen-bond acceptors (Lipinski definition) is 6. The fraction of sp³-hybridized carbons (Fsp3) is 0.500. The standard InChI is InChI=1S/C18H18F6N4O3/c1-9-5-12(31-18(22,23)24)7-28(9)16(29)10(2)27-15-13-4-3-11(30-17(19,20)21)6-14(13)25-8-26-15/h3-4,6,8-10,12H,5,7H2,1-2H3,(H,25,26,27)/t9-,10+,12+/m0/s1. The molecule has 1 aromatic carbocycles. The first-order valence-electron chi connectivity index (χ1n) is 9.14. The zero-order chi connectivity index (χ0) is 23.0. The predicted octanol–water partition coefficient (Wildman–Crippen LogP) is 3.85. The molecule has 0 unspecified atom stereocenters. The van der Waals surface area contributed by atoms with E-state index in [1.807, 2.05) is 0 Å². The molecule has 1 aliphatic heterocycles. The average Bonchev–Trinajstić information content (AvgIpc) is 2.97. The normalized spacial score (nSPS) is 20.7. The summed E-state index contributed by atoms with van der Waals surface area (Å²) in [5.41, 5.74) is 0.145. The van der Waals surface area contributed by atoms with Crippen LogP contribution in [-0.4, -0.2) is 58.2 Å². The van der Waals surface area contributed by atoms with Crippen LogP contribution < -0.4 is 10.1 Å². The number of likely N-dealkylation sites (tertiary alicyclic amines) is 1. The Hall–Kier alpha value is -2.83. The predicted molar refractivity (Wildman–Crippen MR) is 96.0 cm³/mol. The van der Waals surface area contributed by atoms with Crippen LogP contribution in [0.1, 0.15) is 20.3 Å². The van der Waals surface area contributed by atoms with Gasteiger partial charge in [-0.05, 0) is 32.4 Å². The fourth-order valence-corrected chi connectivity index (χ4v) is 3.43. The minimum Gasteiger partial charge on any atom is -0.406 e. The van der Waals surface area contributed by atoms with Crippen LogP contribution in [0.25, 0.3) is 10.9 Å². The molecule has 0 bridgehead atoms. The molecule has 2 heterocycles. The molecule has 2 aromatic rings. The molecular weight excluding hydrogens is 434 g/mol. The lowest BCUT2D eigenvalue weighted by Gasteiger charge is -2.26. The van der Waals surface area contributed by atoms with Crippen LogP contribution in [0, 0.1) is 0 Å². The molecule has 1 amide bonds. The van der Waals surface area contributed by atoms with Crippen molar-refractivity contribution in [3.63, 3.8) is 0 Å². The van der Waals surface area contributed by atoms with E-state index in [0.29, 0.717) is 5.39 Å². The molecule has 1 N–H and O–H groups in total. The van der Waals surface area contributed by atoms with Crippen LogP contribution in [0.3, 0.4) is 0 Å². The van der Waals surface area contributed by atoms with Crippen molar-refractivity contribution in [3.05, 3.63) is 24.5 Å². The number of fused-ring (bicyclic) bond motifs is 1. The van der Waals surface area contributed by atoms with E-state index in [1.54, 1.807) is 6.92 Å². The summed E-state index contributed by atoms with van der Waals surface area (Å²) in [6, 6.07) is 2.12. The minimum absolute atomic E-state index is 0.0381. The van der Waals surface area contributed by atoms with Crippen molar-refractivity contribution < 1.29 is 40.6 Å². The van der Waals surface area contributed by atoms with Gasteiger partial charge < -0.3 is 15.0 Å². The number of nitrogens with one attached hydrogen (secondary N) is 1. The summed E-state index contributed by atoms with van der Waals surface area (Å²) >= 11 is 0. The Bertz CT molecular complexity index is 952. The van der Waals surface area contributed by atoms with Crippen molar-refractivity contribution >= 4 is 22.6 Å². The minimum atomic E-state index is -4.86. The Morgan fingerprint density at radius 2 is 1.90 bits per heavy atom. The second-order valence-corrected chi connectivity index (χ2v) is 7.08. The van der Waals surface area contributed by atoms with E-state index in [4.69, 9.17) is 0 Å². The van der Waals surface area contributed by atoms with Crippen molar-refractivity contribution in [2.24, 2.45) is 0 Å². The van der Waals surface area contributed by atoms with E-state index in [9.17, 15) is 31.1 Å². The van der Waals surface area contributed by atoms with E-state index in [2.05, 4.69) is 24.8 Å². The quantitative estimate of drug-likeness (QED) is 0.695. The van der Waals surface area contributed by atoms with Crippen molar-refractivity contribution in [2.75, 3.05) is 11.9 Å². The zero-order valence-corrected chi connectivity index (χ0v) is 16.3. The summed E-state index contributed by atoms with van der Waals surface area (Å²) in [6.07, 6.45) is -9.66. The lowest BCUT2D eigenvalue weighted by Crippen LogP contribution is -2.43. The molecule has 1 fully saturated rings. The number of alkyl halides is 6. The summed E-state index contributed by atoms with van der Waals surface area (Å²) in [4.78, 5) is 22.0. The van der Waals surface area contributed by atoms with Gasteiger partial charge in [0, 0.05) is 24.0 Å². The molecule has 1 aliphatic rings. The smallest absolute Gasteiger partial charge is 0.406 e. The van der Waals surface area contributed by atoms with Gasteiger partial charge in [-0.1, -0.05) is 0 Å². The molecule has 1 aromatic heterocycles. The van der Waals surface area contributed by atoms with E-state index in [-0.39, 0.29) is 24.3 Å². The number of hydrogen-bond donors (Lipinski definition) is 1. The highest BCUT2D eigenvalue weighted by Crippen LogP contribution is 2.30.